The number of methoxy groups -OCH3 is 1. The summed E-state index contributed by atoms with van der Waals surface area (Å²) in [5.74, 6) is 1.08. The van der Waals surface area contributed by atoms with E-state index in [1.165, 1.54) is 33.0 Å². The molecule has 4 rings (SSSR count). The quantitative estimate of drug-likeness (QED) is 0.454. The van der Waals surface area contributed by atoms with E-state index in [-0.39, 0.29) is 18.1 Å². The second-order valence-corrected chi connectivity index (χ2v) is 9.45. The Hall–Kier alpha value is -2.85. The zero-order chi connectivity index (χ0) is 23.9. The molecular weight excluding hydrogens is 408 g/mol. The van der Waals surface area contributed by atoms with Crippen LogP contribution in [0.4, 0.5) is 0 Å². The van der Waals surface area contributed by atoms with Crippen LogP contribution >= 0.6 is 0 Å². The summed E-state index contributed by atoms with van der Waals surface area (Å²) in [6.45, 7) is 11.5. The highest BCUT2D eigenvalue weighted by Gasteiger charge is 2.33. The number of amides is 1. The number of rotatable bonds is 6. The van der Waals surface area contributed by atoms with Gasteiger partial charge in [0.15, 0.2) is 0 Å². The molecule has 0 fully saturated rings. The van der Waals surface area contributed by atoms with Gasteiger partial charge in [0.2, 0.25) is 0 Å². The SMILES string of the molecule is CCC(N1CCc2cc(C)c(C)cc2C1=O)N(C)C(C)c1ccc2c(C)c(OC)ccc2c1. The third-order valence-corrected chi connectivity index (χ3v) is 7.60. The summed E-state index contributed by atoms with van der Waals surface area (Å²) in [4.78, 5) is 17.9. The lowest BCUT2D eigenvalue weighted by molar-refractivity contribution is 0.0234. The fourth-order valence-electron chi connectivity index (χ4n) is 5.25. The summed E-state index contributed by atoms with van der Waals surface area (Å²) in [6, 6.07) is 15.3. The lowest BCUT2D eigenvalue weighted by atomic mass is 9.93. The molecule has 33 heavy (non-hydrogen) atoms. The molecular formula is C29H36N2O2. The van der Waals surface area contributed by atoms with Gasteiger partial charge < -0.3 is 9.64 Å². The Kier molecular flexibility index (Phi) is 6.49. The standard InChI is InChI=1S/C29H36N2O2/c1-8-28(31-14-13-24-15-18(2)19(3)16-26(24)29(31)32)30(6)21(5)22-9-11-25-20(4)27(33-7)12-10-23(25)17-22/h9-12,15-17,21,28H,8,13-14H2,1-7H3. The fourth-order valence-corrected chi connectivity index (χ4v) is 5.25. The van der Waals surface area contributed by atoms with Crippen molar-refractivity contribution in [3.8, 4) is 5.75 Å². The predicted octanol–water partition coefficient (Wildman–Crippen LogP) is 6.20. The average Bonchev–Trinajstić information content (AvgIpc) is 2.81. The van der Waals surface area contributed by atoms with E-state index in [4.69, 9.17) is 4.74 Å². The Morgan fingerprint density at radius 3 is 2.48 bits per heavy atom. The van der Waals surface area contributed by atoms with Gasteiger partial charge in [-0.05, 0) is 104 Å². The summed E-state index contributed by atoms with van der Waals surface area (Å²) in [6.07, 6.45) is 1.85. The number of hydrogen-bond acceptors (Lipinski definition) is 3. The van der Waals surface area contributed by atoms with Crippen molar-refractivity contribution in [1.82, 2.24) is 9.80 Å². The molecule has 0 saturated heterocycles. The molecule has 1 amide bonds. The minimum Gasteiger partial charge on any atom is -0.496 e. The van der Waals surface area contributed by atoms with E-state index in [1.54, 1.807) is 7.11 Å². The van der Waals surface area contributed by atoms with Gasteiger partial charge in [-0.15, -0.1) is 0 Å². The summed E-state index contributed by atoms with van der Waals surface area (Å²) in [7, 11) is 3.86. The highest BCUT2D eigenvalue weighted by molar-refractivity contribution is 5.97. The van der Waals surface area contributed by atoms with Crippen LogP contribution in [-0.2, 0) is 6.42 Å². The van der Waals surface area contributed by atoms with Gasteiger partial charge in [0.1, 0.15) is 5.75 Å². The van der Waals surface area contributed by atoms with E-state index in [0.29, 0.717) is 0 Å². The fraction of sp³-hybridized carbons (Fsp3) is 0.414. The maximum Gasteiger partial charge on any atom is 0.255 e. The van der Waals surface area contributed by atoms with Crippen LogP contribution in [0.15, 0.2) is 42.5 Å². The van der Waals surface area contributed by atoms with Crippen LogP contribution in [0.25, 0.3) is 10.8 Å². The number of carbonyl (C=O) groups excluding carboxylic acids is 1. The lowest BCUT2D eigenvalue weighted by Gasteiger charge is -2.42. The van der Waals surface area contributed by atoms with Crippen molar-refractivity contribution in [1.29, 1.82) is 0 Å². The Morgan fingerprint density at radius 2 is 1.79 bits per heavy atom. The monoisotopic (exact) mass is 444 g/mol. The topological polar surface area (TPSA) is 32.8 Å². The lowest BCUT2D eigenvalue weighted by Crippen LogP contribution is -2.52. The van der Waals surface area contributed by atoms with Gasteiger partial charge in [-0.3, -0.25) is 9.69 Å². The van der Waals surface area contributed by atoms with Gasteiger partial charge >= 0.3 is 0 Å². The number of carbonyl (C=O) groups is 1. The number of nitrogens with zero attached hydrogens (tertiary/aromatic N) is 2. The van der Waals surface area contributed by atoms with Crippen LogP contribution in [0.2, 0.25) is 0 Å². The van der Waals surface area contributed by atoms with E-state index >= 15 is 0 Å². The van der Waals surface area contributed by atoms with E-state index < -0.39 is 0 Å². The van der Waals surface area contributed by atoms with Crippen molar-refractivity contribution in [3.63, 3.8) is 0 Å². The Labute approximate surface area is 198 Å². The maximum atomic E-state index is 13.5. The third-order valence-electron chi connectivity index (χ3n) is 7.60. The number of benzene rings is 3. The van der Waals surface area contributed by atoms with Crippen LogP contribution in [0.1, 0.15) is 64.5 Å². The molecule has 4 heteroatoms. The number of hydrogen-bond donors (Lipinski definition) is 0. The van der Waals surface area contributed by atoms with Crippen LogP contribution in [0.3, 0.4) is 0 Å². The summed E-state index contributed by atoms with van der Waals surface area (Å²) >= 11 is 0. The van der Waals surface area contributed by atoms with Crippen LogP contribution in [0, 0.1) is 20.8 Å². The molecule has 1 heterocycles. The van der Waals surface area contributed by atoms with E-state index in [9.17, 15) is 4.79 Å². The molecule has 2 unspecified atom stereocenters. The predicted molar refractivity (Wildman–Crippen MR) is 136 cm³/mol. The van der Waals surface area contributed by atoms with Gasteiger partial charge in [0.25, 0.3) is 5.91 Å². The minimum absolute atomic E-state index is 0.0514. The Morgan fingerprint density at radius 1 is 1.06 bits per heavy atom. The molecule has 1 aliphatic rings. The molecule has 4 nitrogen and oxygen atoms in total. The molecule has 0 spiro atoms. The molecule has 0 saturated carbocycles. The normalized spacial score (nSPS) is 15.6. The van der Waals surface area contributed by atoms with Gasteiger partial charge in [-0.25, -0.2) is 0 Å². The van der Waals surface area contributed by atoms with E-state index in [0.717, 1.165) is 36.3 Å². The first kappa shape index (κ1) is 23.3. The van der Waals surface area contributed by atoms with Crippen molar-refractivity contribution in [3.05, 3.63) is 75.8 Å². The highest BCUT2D eigenvalue weighted by Crippen LogP contribution is 2.32. The molecule has 0 aliphatic carbocycles. The molecule has 3 aromatic rings. The molecule has 0 N–H and O–H groups in total. The summed E-state index contributed by atoms with van der Waals surface area (Å²) in [5.41, 5.74) is 6.92. The van der Waals surface area contributed by atoms with Gasteiger partial charge in [-0.1, -0.05) is 31.2 Å². The van der Waals surface area contributed by atoms with Crippen molar-refractivity contribution >= 4 is 16.7 Å². The largest absolute Gasteiger partial charge is 0.496 e. The molecule has 174 valence electrons. The van der Waals surface area contributed by atoms with E-state index in [2.05, 4.69) is 87.9 Å². The second kappa shape index (κ2) is 9.18. The number of ether oxygens (including phenoxy) is 1. The molecule has 2 atom stereocenters. The molecule has 1 aliphatic heterocycles. The molecule has 3 aromatic carbocycles. The smallest absolute Gasteiger partial charge is 0.255 e. The first-order chi connectivity index (χ1) is 15.8. The van der Waals surface area contributed by atoms with Crippen LogP contribution in [-0.4, -0.2) is 42.6 Å². The average molecular weight is 445 g/mol. The third kappa shape index (κ3) is 4.13. The first-order valence-electron chi connectivity index (χ1n) is 12.0. The van der Waals surface area contributed by atoms with Gasteiger partial charge in [-0.2, -0.15) is 0 Å². The first-order valence-corrected chi connectivity index (χ1v) is 12.0. The highest BCUT2D eigenvalue weighted by atomic mass is 16.5. The van der Waals surface area contributed by atoms with Gasteiger partial charge in [0, 0.05) is 18.2 Å². The number of aryl methyl sites for hydroxylation is 3. The van der Waals surface area contributed by atoms with Gasteiger partial charge in [0.05, 0.1) is 13.3 Å². The van der Waals surface area contributed by atoms with Crippen LogP contribution < -0.4 is 4.74 Å². The van der Waals surface area contributed by atoms with Crippen molar-refractivity contribution in [2.75, 3.05) is 20.7 Å². The molecule has 0 radical (unpaired) electrons. The maximum absolute atomic E-state index is 13.5. The summed E-state index contributed by atoms with van der Waals surface area (Å²) in [5, 5.41) is 2.43. The minimum atomic E-state index is 0.0514. The zero-order valence-corrected chi connectivity index (χ0v) is 21.0. The van der Waals surface area contributed by atoms with Crippen LogP contribution in [0.5, 0.6) is 5.75 Å². The molecule has 0 bridgehead atoms. The second-order valence-electron chi connectivity index (χ2n) is 9.45. The Balaban J connectivity index is 1.61. The summed E-state index contributed by atoms with van der Waals surface area (Å²) < 4.78 is 5.49. The van der Waals surface area contributed by atoms with Crippen molar-refractivity contribution in [2.24, 2.45) is 0 Å². The van der Waals surface area contributed by atoms with Crippen molar-refractivity contribution < 1.29 is 9.53 Å². The van der Waals surface area contributed by atoms with Crippen molar-refractivity contribution in [2.45, 2.75) is 59.7 Å². The van der Waals surface area contributed by atoms with E-state index in [1.807, 2.05) is 6.07 Å². The number of fused-ring (bicyclic) bond motifs is 2. The Bertz CT molecular complexity index is 1200. The molecule has 0 aromatic heterocycles. The zero-order valence-electron chi connectivity index (χ0n) is 21.0.